The molecule has 2 atom stereocenters. The Hall–Kier alpha value is -2.87. The third-order valence-corrected chi connectivity index (χ3v) is 6.63. The lowest BCUT2D eigenvalue weighted by atomic mass is 9.86. The van der Waals surface area contributed by atoms with Gasteiger partial charge in [0.25, 0.3) is 0 Å². The summed E-state index contributed by atoms with van der Waals surface area (Å²) < 4.78 is 21.4. The standard InChI is InChI=1S/C24H27FN4O2S/c1-17-9-5-7-13-20(17)26-23(30)16-32-24-28-27-22(29(24)18-10-3-2-4-11-18)15-31-21-14-8-6-12-19(21)25/h2-4,6,8,10-12,14,17,20H,5,7,9,13,15-16H2,1H3,(H,26,30)/t17-,20-/m1/s1. The highest BCUT2D eigenvalue weighted by atomic mass is 32.2. The van der Waals surface area contributed by atoms with Crippen LogP contribution in [0.2, 0.25) is 0 Å². The van der Waals surface area contributed by atoms with Crippen molar-refractivity contribution in [2.24, 2.45) is 5.92 Å². The lowest BCUT2D eigenvalue weighted by Gasteiger charge is -2.29. The molecule has 3 aromatic rings. The Morgan fingerprint density at radius 1 is 1.12 bits per heavy atom. The third kappa shape index (κ3) is 5.48. The van der Waals surface area contributed by atoms with Gasteiger partial charge in [0, 0.05) is 11.7 Å². The number of hydrogen-bond acceptors (Lipinski definition) is 5. The average molecular weight is 455 g/mol. The van der Waals surface area contributed by atoms with E-state index in [2.05, 4.69) is 22.4 Å². The molecule has 8 heteroatoms. The van der Waals surface area contributed by atoms with E-state index in [0.29, 0.717) is 16.9 Å². The smallest absolute Gasteiger partial charge is 0.230 e. The molecule has 2 aromatic carbocycles. The van der Waals surface area contributed by atoms with E-state index in [1.807, 2.05) is 34.9 Å². The molecule has 168 valence electrons. The molecule has 32 heavy (non-hydrogen) atoms. The Labute approximate surface area is 191 Å². The van der Waals surface area contributed by atoms with Gasteiger partial charge in [0.05, 0.1) is 5.75 Å². The molecule has 0 saturated heterocycles. The van der Waals surface area contributed by atoms with Crippen molar-refractivity contribution in [1.29, 1.82) is 0 Å². The number of para-hydroxylation sites is 2. The molecule has 0 radical (unpaired) electrons. The largest absolute Gasteiger partial charge is 0.483 e. The van der Waals surface area contributed by atoms with Crippen LogP contribution < -0.4 is 10.1 Å². The van der Waals surface area contributed by atoms with Crippen molar-refractivity contribution in [2.75, 3.05) is 5.75 Å². The molecule has 0 bridgehead atoms. The van der Waals surface area contributed by atoms with Gasteiger partial charge in [-0.1, -0.05) is 61.9 Å². The number of carbonyl (C=O) groups excluding carboxylic acids is 1. The molecule has 1 saturated carbocycles. The average Bonchev–Trinajstić information content (AvgIpc) is 3.22. The second-order valence-electron chi connectivity index (χ2n) is 8.01. The summed E-state index contributed by atoms with van der Waals surface area (Å²) in [5.74, 6) is 1.02. The fraction of sp³-hybridized carbons (Fsp3) is 0.375. The minimum Gasteiger partial charge on any atom is -0.483 e. The summed E-state index contributed by atoms with van der Waals surface area (Å²) in [6.07, 6.45) is 4.59. The van der Waals surface area contributed by atoms with E-state index >= 15 is 0 Å². The number of thioether (sulfide) groups is 1. The number of rotatable bonds is 8. The number of halogens is 1. The highest BCUT2D eigenvalue weighted by Gasteiger charge is 2.23. The number of benzene rings is 2. The summed E-state index contributed by atoms with van der Waals surface area (Å²) in [7, 11) is 0. The fourth-order valence-electron chi connectivity index (χ4n) is 3.94. The SMILES string of the molecule is C[C@@H]1CCCC[C@H]1NC(=O)CSc1nnc(COc2ccccc2F)n1-c1ccccc1. The zero-order valence-corrected chi connectivity index (χ0v) is 18.9. The van der Waals surface area contributed by atoms with E-state index in [-0.39, 0.29) is 30.1 Å². The molecule has 6 nitrogen and oxygen atoms in total. The van der Waals surface area contributed by atoms with Gasteiger partial charge in [-0.15, -0.1) is 10.2 Å². The summed E-state index contributed by atoms with van der Waals surface area (Å²) >= 11 is 1.33. The molecule has 1 aliphatic rings. The second kappa shape index (κ2) is 10.6. The van der Waals surface area contributed by atoms with Crippen LogP contribution in [0.1, 0.15) is 38.4 Å². The van der Waals surface area contributed by atoms with Gasteiger partial charge in [0.15, 0.2) is 22.5 Å². The van der Waals surface area contributed by atoms with Gasteiger partial charge in [0.2, 0.25) is 5.91 Å². The monoisotopic (exact) mass is 454 g/mol. The van der Waals surface area contributed by atoms with Crippen molar-refractivity contribution in [3.8, 4) is 11.4 Å². The maximum atomic E-state index is 13.9. The lowest BCUT2D eigenvalue weighted by Crippen LogP contribution is -2.41. The quantitative estimate of drug-likeness (QED) is 0.497. The first-order chi connectivity index (χ1) is 15.6. The van der Waals surface area contributed by atoms with Crippen LogP contribution in [0.4, 0.5) is 4.39 Å². The number of amides is 1. The number of nitrogens with one attached hydrogen (secondary N) is 1. The van der Waals surface area contributed by atoms with Crippen molar-refractivity contribution in [1.82, 2.24) is 20.1 Å². The summed E-state index contributed by atoms with van der Waals surface area (Å²) in [5.41, 5.74) is 0.855. The van der Waals surface area contributed by atoms with E-state index in [0.717, 1.165) is 24.9 Å². The maximum absolute atomic E-state index is 13.9. The number of nitrogens with zero attached hydrogens (tertiary/aromatic N) is 3. The highest BCUT2D eigenvalue weighted by molar-refractivity contribution is 7.99. The van der Waals surface area contributed by atoms with Gasteiger partial charge in [-0.25, -0.2) is 4.39 Å². The third-order valence-electron chi connectivity index (χ3n) is 5.70. The van der Waals surface area contributed by atoms with E-state index < -0.39 is 5.82 Å². The van der Waals surface area contributed by atoms with Crippen LogP contribution in [0.15, 0.2) is 59.8 Å². The molecule has 0 unspecified atom stereocenters. The second-order valence-corrected chi connectivity index (χ2v) is 8.96. The van der Waals surface area contributed by atoms with Crippen molar-refractivity contribution in [3.63, 3.8) is 0 Å². The predicted octanol–water partition coefficient (Wildman–Crippen LogP) is 4.77. The molecule has 1 aromatic heterocycles. The van der Waals surface area contributed by atoms with Gasteiger partial charge in [-0.3, -0.25) is 9.36 Å². The minimum absolute atomic E-state index is 0.000480. The lowest BCUT2D eigenvalue weighted by molar-refractivity contribution is -0.119. The van der Waals surface area contributed by atoms with Crippen molar-refractivity contribution >= 4 is 17.7 Å². The molecule has 1 amide bonds. The van der Waals surface area contributed by atoms with E-state index in [1.165, 1.54) is 24.2 Å². The summed E-state index contributed by atoms with van der Waals surface area (Å²) in [4.78, 5) is 12.6. The number of carbonyl (C=O) groups is 1. The molecular weight excluding hydrogens is 427 g/mol. The van der Waals surface area contributed by atoms with Crippen LogP contribution in [-0.2, 0) is 11.4 Å². The number of hydrogen-bond donors (Lipinski definition) is 1. The molecule has 0 aliphatic heterocycles. The predicted molar refractivity (Wildman–Crippen MR) is 122 cm³/mol. The molecule has 0 spiro atoms. The van der Waals surface area contributed by atoms with Crippen LogP contribution >= 0.6 is 11.8 Å². The van der Waals surface area contributed by atoms with Crippen LogP contribution in [0.3, 0.4) is 0 Å². The topological polar surface area (TPSA) is 69.0 Å². The summed E-state index contributed by atoms with van der Waals surface area (Å²) in [5, 5.41) is 12.3. The van der Waals surface area contributed by atoms with E-state index in [4.69, 9.17) is 4.74 Å². The number of aromatic nitrogens is 3. The van der Waals surface area contributed by atoms with Gasteiger partial charge >= 0.3 is 0 Å². The van der Waals surface area contributed by atoms with E-state index in [9.17, 15) is 9.18 Å². The molecule has 1 fully saturated rings. The van der Waals surface area contributed by atoms with Crippen molar-refractivity contribution in [3.05, 3.63) is 66.2 Å². The number of ether oxygens (including phenoxy) is 1. The Morgan fingerprint density at radius 2 is 1.88 bits per heavy atom. The summed E-state index contributed by atoms with van der Waals surface area (Å²) in [6, 6.07) is 16.1. The van der Waals surface area contributed by atoms with Crippen LogP contribution in [0.5, 0.6) is 5.75 Å². The Kier molecular flexibility index (Phi) is 7.42. The van der Waals surface area contributed by atoms with Crippen LogP contribution in [0, 0.1) is 11.7 Å². The fourth-order valence-corrected chi connectivity index (χ4v) is 4.72. The first-order valence-corrected chi connectivity index (χ1v) is 11.9. The van der Waals surface area contributed by atoms with Crippen molar-refractivity contribution < 1.29 is 13.9 Å². The normalized spacial score (nSPS) is 18.3. The molecule has 1 N–H and O–H groups in total. The highest BCUT2D eigenvalue weighted by Crippen LogP contribution is 2.26. The molecule has 1 heterocycles. The Morgan fingerprint density at radius 3 is 2.66 bits per heavy atom. The van der Waals surface area contributed by atoms with Crippen molar-refractivity contribution in [2.45, 2.75) is 50.4 Å². The summed E-state index contributed by atoms with van der Waals surface area (Å²) in [6.45, 7) is 2.25. The van der Waals surface area contributed by atoms with Gasteiger partial charge in [-0.05, 0) is 43.0 Å². The van der Waals surface area contributed by atoms with Crippen LogP contribution in [-0.4, -0.2) is 32.5 Å². The zero-order valence-electron chi connectivity index (χ0n) is 18.0. The Balaban J connectivity index is 1.47. The first-order valence-electron chi connectivity index (χ1n) is 10.9. The van der Waals surface area contributed by atoms with E-state index in [1.54, 1.807) is 18.2 Å². The van der Waals surface area contributed by atoms with Crippen LogP contribution in [0.25, 0.3) is 5.69 Å². The first kappa shape index (κ1) is 22.3. The van der Waals surface area contributed by atoms with Gasteiger partial charge in [-0.2, -0.15) is 0 Å². The zero-order chi connectivity index (χ0) is 22.3. The molecule has 4 rings (SSSR count). The van der Waals surface area contributed by atoms with Gasteiger partial charge in [0.1, 0.15) is 6.61 Å². The Bertz CT molecular complexity index is 1040. The maximum Gasteiger partial charge on any atom is 0.230 e. The molecular formula is C24H27FN4O2S. The minimum atomic E-state index is -0.429. The molecule has 1 aliphatic carbocycles. The van der Waals surface area contributed by atoms with Gasteiger partial charge < -0.3 is 10.1 Å².